The Kier molecular flexibility index (Phi) is 3.10. The second kappa shape index (κ2) is 4.70. The lowest BCUT2D eigenvalue weighted by molar-refractivity contribution is 0.242. The fraction of sp³-hybridized carbons (Fsp3) is 0.250. The van der Waals surface area contributed by atoms with Gasteiger partial charge in [-0.1, -0.05) is 0 Å². The number of hydrogen-bond acceptors (Lipinski definition) is 3. The van der Waals surface area contributed by atoms with E-state index in [0.717, 1.165) is 17.3 Å². The zero-order valence-electron chi connectivity index (χ0n) is 9.40. The minimum atomic E-state index is 0.200. The lowest BCUT2D eigenvalue weighted by atomic mass is 10.3. The molecule has 4 heteroatoms. The summed E-state index contributed by atoms with van der Waals surface area (Å²) in [5, 5.41) is 9.89. The van der Waals surface area contributed by atoms with E-state index in [9.17, 15) is 0 Å². The van der Waals surface area contributed by atoms with Crippen molar-refractivity contribution < 1.29 is 4.74 Å². The number of ether oxygens (including phenoxy) is 1. The Balaban J connectivity index is 2.02. The summed E-state index contributed by atoms with van der Waals surface area (Å²) < 4.78 is 5.56. The van der Waals surface area contributed by atoms with Crippen LogP contribution in [0.15, 0.2) is 36.5 Å². The lowest BCUT2D eigenvalue weighted by Crippen LogP contribution is -2.05. The second-order valence-electron chi connectivity index (χ2n) is 3.79. The molecule has 0 unspecified atom stereocenters. The molecule has 16 heavy (non-hydrogen) atoms. The maximum atomic E-state index is 5.56. The quantitative estimate of drug-likeness (QED) is 0.827. The van der Waals surface area contributed by atoms with Crippen molar-refractivity contribution in [2.24, 2.45) is 0 Å². The monoisotopic (exact) mass is 217 g/mol. The molecule has 0 atom stereocenters. The molecule has 0 bridgehead atoms. The van der Waals surface area contributed by atoms with Crippen LogP contribution in [0.2, 0.25) is 0 Å². The van der Waals surface area contributed by atoms with Crippen molar-refractivity contribution in [2.45, 2.75) is 20.0 Å². The minimum absolute atomic E-state index is 0.200. The molecule has 2 rings (SSSR count). The topological polar surface area (TPSA) is 49.9 Å². The summed E-state index contributed by atoms with van der Waals surface area (Å²) in [6, 6.07) is 9.70. The number of H-pyrrole nitrogens is 1. The Hall–Kier alpha value is -1.97. The number of rotatable bonds is 4. The third-order valence-electron chi connectivity index (χ3n) is 2.01. The van der Waals surface area contributed by atoms with Crippen molar-refractivity contribution in [3.05, 3.63) is 36.5 Å². The molecule has 0 amide bonds. The van der Waals surface area contributed by atoms with Gasteiger partial charge in [-0.2, -0.15) is 5.10 Å². The zero-order valence-corrected chi connectivity index (χ0v) is 9.40. The van der Waals surface area contributed by atoms with Crippen LogP contribution in [0.4, 0.5) is 11.5 Å². The lowest BCUT2D eigenvalue weighted by Gasteiger charge is -2.10. The molecule has 0 radical (unpaired) electrons. The highest BCUT2D eigenvalue weighted by atomic mass is 16.5. The summed E-state index contributed by atoms with van der Waals surface area (Å²) in [6.07, 6.45) is 1.91. The minimum Gasteiger partial charge on any atom is -0.491 e. The van der Waals surface area contributed by atoms with Gasteiger partial charge in [0, 0.05) is 11.8 Å². The predicted molar refractivity (Wildman–Crippen MR) is 64.1 cm³/mol. The molecule has 1 aromatic carbocycles. The van der Waals surface area contributed by atoms with Crippen molar-refractivity contribution in [3.63, 3.8) is 0 Å². The van der Waals surface area contributed by atoms with E-state index in [1.165, 1.54) is 0 Å². The highest BCUT2D eigenvalue weighted by Gasteiger charge is 1.98. The van der Waals surface area contributed by atoms with Gasteiger partial charge in [0.2, 0.25) is 0 Å². The molecule has 0 aliphatic carbocycles. The largest absolute Gasteiger partial charge is 0.491 e. The smallest absolute Gasteiger partial charge is 0.125 e. The van der Waals surface area contributed by atoms with Crippen LogP contribution >= 0.6 is 0 Å². The molecular formula is C12H15N3O. The molecule has 1 heterocycles. The molecule has 84 valence electrons. The molecule has 2 aromatic rings. The summed E-state index contributed by atoms with van der Waals surface area (Å²) >= 11 is 0. The number of hydrogen-bond donors (Lipinski definition) is 2. The van der Waals surface area contributed by atoms with E-state index >= 15 is 0 Å². The molecule has 0 aliphatic heterocycles. The summed E-state index contributed by atoms with van der Waals surface area (Å²) in [7, 11) is 0. The van der Waals surface area contributed by atoms with Crippen LogP contribution in [-0.2, 0) is 0 Å². The Morgan fingerprint density at radius 3 is 2.50 bits per heavy atom. The molecular weight excluding hydrogens is 202 g/mol. The van der Waals surface area contributed by atoms with Gasteiger partial charge in [0.25, 0.3) is 0 Å². The van der Waals surface area contributed by atoms with Crippen molar-refractivity contribution in [1.82, 2.24) is 10.2 Å². The van der Waals surface area contributed by atoms with E-state index in [2.05, 4.69) is 15.5 Å². The number of aromatic nitrogens is 2. The average Bonchev–Trinajstić information content (AvgIpc) is 2.73. The van der Waals surface area contributed by atoms with E-state index in [1.54, 1.807) is 6.20 Å². The highest BCUT2D eigenvalue weighted by Crippen LogP contribution is 2.19. The van der Waals surface area contributed by atoms with Crippen LogP contribution in [-0.4, -0.2) is 16.3 Å². The molecule has 0 fully saturated rings. The fourth-order valence-electron chi connectivity index (χ4n) is 1.37. The van der Waals surface area contributed by atoms with Gasteiger partial charge in [-0.05, 0) is 38.1 Å². The molecule has 2 N–H and O–H groups in total. The van der Waals surface area contributed by atoms with Crippen LogP contribution in [0.25, 0.3) is 0 Å². The van der Waals surface area contributed by atoms with Crippen LogP contribution in [0, 0.1) is 0 Å². The molecule has 1 aromatic heterocycles. The molecule has 0 aliphatic rings. The van der Waals surface area contributed by atoms with E-state index in [-0.39, 0.29) is 6.10 Å². The Bertz CT molecular complexity index is 420. The Morgan fingerprint density at radius 1 is 1.19 bits per heavy atom. The van der Waals surface area contributed by atoms with Crippen LogP contribution in [0.1, 0.15) is 13.8 Å². The third kappa shape index (κ3) is 2.76. The molecule has 0 saturated carbocycles. The van der Waals surface area contributed by atoms with Gasteiger partial charge in [-0.3, -0.25) is 5.10 Å². The number of benzene rings is 1. The summed E-state index contributed by atoms with van der Waals surface area (Å²) in [5.41, 5.74) is 1.00. The van der Waals surface area contributed by atoms with Gasteiger partial charge in [0.1, 0.15) is 11.6 Å². The molecule has 0 spiro atoms. The summed E-state index contributed by atoms with van der Waals surface area (Å²) in [6.45, 7) is 4.02. The first-order valence-corrected chi connectivity index (χ1v) is 5.27. The van der Waals surface area contributed by atoms with E-state index in [4.69, 9.17) is 4.74 Å². The van der Waals surface area contributed by atoms with Crippen LogP contribution < -0.4 is 10.1 Å². The first kappa shape index (κ1) is 10.5. The average molecular weight is 217 g/mol. The maximum Gasteiger partial charge on any atom is 0.125 e. The van der Waals surface area contributed by atoms with Gasteiger partial charge < -0.3 is 10.1 Å². The number of nitrogens with zero attached hydrogens (tertiary/aromatic N) is 1. The highest BCUT2D eigenvalue weighted by molar-refractivity contribution is 5.56. The standard InChI is InChI=1S/C12H15N3O/c1-9(2)16-11-5-3-10(4-6-11)14-12-7-8-13-15-12/h3-9H,1-2H3,(H2,13,14,15). The first-order valence-electron chi connectivity index (χ1n) is 5.27. The molecule has 4 nitrogen and oxygen atoms in total. The van der Waals surface area contributed by atoms with E-state index in [0.29, 0.717) is 0 Å². The normalized spacial score (nSPS) is 10.4. The van der Waals surface area contributed by atoms with Gasteiger partial charge in [0.05, 0.1) is 12.3 Å². The van der Waals surface area contributed by atoms with Gasteiger partial charge in [0.15, 0.2) is 0 Å². The summed E-state index contributed by atoms with van der Waals surface area (Å²) in [5.74, 6) is 1.75. The van der Waals surface area contributed by atoms with Crippen LogP contribution in [0.3, 0.4) is 0 Å². The van der Waals surface area contributed by atoms with Gasteiger partial charge >= 0.3 is 0 Å². The number of aromatic amines is 1. The zero-order chi connectivity index (χ0) is 11.4. The van der Waals surface area contributed by atoms with Gasteiger partial charge in [-0.25, -0.2) is 0 Å². The maximum absolute atomic E-state index is 5.56. The van der Waals surface area contributed by atoms with Crippen molar-refractivity contribution >= 4 is 11.5 Å². The molecule has 0 saturated heterocycles. The second-order valence-corrected chi connectivity index (χ2v) is 3.79. The van der Waals surface area contributed by atoms with Crippen molar-refractivity contribution in [2.75, 3.05) is 5.32 Å². The predicted octanol–water partition coefficient (Wildman–Crippen LogP) is 2.94. The number of nitrogens with one attached hydrogen (secondary N) is 2. The van der Waals surface area contributed by atoms with Crippen LogP contribution in [0.5, 0.6) is 5.75 Å². The van der Waals surface area contributed by atoms with Crippen molar-refractivity contribution in [3.8, 4) is 5.75 Å². The van der Waals surface area contributed by atoms with E-state index in [1.807, 2.05) is 44.2 Å². The van der Waals surface area contributed by atoms with Crippen molar-refractivity contribution in [1.29, 1.82) is 0 Å². The number of anilines is 2. The van der Waals surface area contributed by atoms with E-state index < -0.39 is 0 Å². The fourth-order valence-corrected chi connectivity index (χ4v) is 1.37. The summed E-state index contributed by atoms with van der Waals surface area (Å²) in [4.78, 5) is 0. The first-order chi connectivity index (χ1) is 7.74. The third-order valence-corrected chi connectivity index (χ3v) is 2.01. The van der Waals surface area contributed by atoms with Gasteiger partial charge in [-0.15, -0.1) is 0 Å². The SMILES string of the molecule is CC(C)Oc1ccc(Nc2ccn[nH]2)cc1. The Morgan fingerprint density at radius 2 is 1.94 bits per heavy atom. The Labute approximate surface area is 94.6 Å².